The highest BCUT2D eigenvalue weighted by atomic mass is 79.9. The normalized spacial score (nSPS) is 20.5. The van der Waals surface area contributed by atoms with Crippen molar-refractivity contribution in [3.63, 3.8) is 0 Å². The lowest BCUT2D eigenvalue weighted by atomic mass is 9.86. The Morgan fingerprint density at radius 3 is 2.91 bits per heavy atom. The van der Waals surface area contributed by atoms with E-state index in [4.69, 9.17) is 4.98 Å². The van der Waals surface area contributed by atoms with Crippen molar-refractivity contribution in [3.05, 3.63) is 51.5 Å². The van der Waals surface area contributed by atoms with Crippen molar-refractivity contribution in [2.24, 2.45) is 18.4 Å². The number of aryl methyl sites for hydroxylation is 1. The Morgan fingerprint density at radius 1 is 1.30 bits per heavy atom. The van der Waals surface area contributed by atoms with E-state index < -0.39 is 0 Å². The average Bonchev–Trinajstić information content (AvgIpc) is 3.36. The molecule has 3 heterocycles. The maximum atomic E-state index is 12.6. The van der Waals surface area contributed by atoms with Gasteiger partial charge in [-0.3, -0.25) is 9.59 Å². The van der Waals surface area contributed by atoms with Crippen LogP contribution in [0, 0.1) is 11.3 Å². The number of amides is 1. The van der Waals surface area contributed by atoms with Crippen LogP contribution in [0.2, 0.25) is 0 Å². The molecule has 0 saturated heterocycles. The van der Waals surface area contributed by atoms with Crippen molar-refractivity contribution in [1.29, 1.82) is 0 Å². The molecule has 9 nitrogen and oxygen atoms in total. The maximum Gasteiger partial charge on any atom is 0.260 e. The zero-order chi connectivity index (χ0) is 23.3. The summed E-state index contributed by atoms with van der Waals surface area (Å²) >= 11 is 3.51. The molecule has 1 aromatic carbocycles. The summed E-state index contributed by atoms with van der Waals surface area (Å²) in [6, 6.07) is 5.48. The van der Waals surface area contributed by atoms with E-state index in [1.807, 2.05) is 19.1 Å². The zero-order valence-electron chi connectivity index (χ0n) is 18.7. The molecule has 5 rings (SSSR count). The van der Waals surface area contributed by atoms with Crippen LogP contribution >= 0.6 is 15.9 Å². The second-order valence-corrected chi connectivity index (χ2v) is 9.79. The fraction of sp³-hybridized carbons (Fsp3) is 0.391. The minimum absolute atomic E-state index is 0.0975. The van der Waals surface area contributed by atoms with Gasteiger partial charge in [0.2, 0.25) is 5.91 Å². The number of halogens is 1. The van der Waals surface area contributed by atoms with E-state index in [-0.39, 0.29) is 16.9 Å². The van der Waals surface area contributed by atoms with Gasteiger partial charge in [0, 0.05) is 32.1 Å². The van der Waals surface area contributed by atoms with Gasteiger partial charge in [-0.2, -0.15) is 5.10 Å². The molecule has 1 aliphatic carbocycles. The molecule has 170 valence electrons. The number of hydrogen-bond acceptors (Lipinski definition) is 6. The fourth-order valence-corrected chi connectivity index (χ4v) is 5.26. The first-order valence-electron chi connectivity index (χ1n) is 10.9. The van der Waals surface area contributed by atoms with Crippen molar-refractivity contribution in [1.82, 2.24) is 34.6 Å². The van der Waals surface area contributed by atoms with Gasteiger partial charge in [0.05, 0.1) is 28.3 Å². The van der Waals surface area contributed by atoms with Gasteiger partial charge < -0.3 is 9.88 Å². The summed E-state index contributed by atoms with van der Waals surface area (Å²) in [6.07, 6.45) is 6.64. The molecule has 1 amide bonds. The summed E-state index contributed by atoms with van der Waals surface area (Å²) in [6.45, 7) is 2.03. The van der Waals surface area contributed by atoms with Gasteiger partial charge >= 0.3 is 0 Å². The molecule has 1 saturated carbocycles. The standard InChI is InChI=1S/C23H24BrN7O2/c1-23(22(33)25-2)7-6-13(10-23)8-18-26-11-16-19(24)29-31(20(16)28-18)14-4-5-17-15(9-14)21(32)30(3)12-27-17/h4-5,9,11-13H,6-8,10H2,1-3H3,(H,25,33)/t13-,23+/m0/s1. The number of nitrogens with zero attached hydrogens (tertiary/aromatic N) is 6. The van der Waals surface area contributed by atoms with Crippen molar-refractivity contribution in [2.45, 2.75) is 32.6 Å². The number of fused-ring (bicyclic) bond motifs is 2. The molecule has 1 N–H and O–H groups in total. The van der Waals surface area contributed by atoms with Crippen LogP contribution < -0.4 is 10.9 Å². The van der Waals surface area contributed by atoms with Gasteiger partial charge in [-0.15, -0.1) is 0 Å². The topological polar surface area (TPSA) is 108 Å². The molecule has 0 radical (unpaired) electrons. The van der Waals surface area contributed by atoms with Crippen molar-refractivity contribution in [2.75, 3.05) is 7.05 Å². The van der Waals surface area contributed by atoms with E-state index in [2.05, 4.69) is 36.3 Å². The van der Waals surface area contributed by atoms with Crippen LogP contribution in [-0.4, -0.2) is 42.3 Å². The zero-order valence-corrected chi connectivity index (χ0v) is 20.3. The first-order valence-corrected chi connectivity index (χ1v) is 11.7. The molecule has 4 aromatic rings. The number of carbonyl (C=O) groups is 1. The summed E-state index contributed by atoms with van der Waals surface area (Å²) in [4.78, 5) is 38.6. The van der Waals surface area contributed by atoms with Crippen LogP contribution in [0.1, 0.15) is 32.0 Å². The molecule has 1 fully saturated rings. The van der Waals surface area contributed by atoms with Gasteiger partial charge in [-0.1, -0.05) is 6.92 Å². The molecular weight excluding hydrogens is 486 g/mol. The second kappa shape index (κ2) is 8.02. The van der Waals surface area contributed by atoms with E-state index in [0.717, 1.165) is 36.2 Å². The molecule has 0 unspecified atom stereocenters. The lowest BCUT2D eigenvalue weighted by Gasteiger charge is -2.21. The molecule has 2 atom stereocenters. The number of rotatable bonds is 4. The number of benzene rings is 1. The van der Waals surface area contributed by atoms with E-state index in [0.29, 0.717) is 33.5 Å². The smallest absolute Gasteiger partial charge is 0.260 e. The molecule has 0 aliphatic heterocycles. The first-order chi connectivity index (χ1) is 15.8. The van der Waals surface area contributed by atoms with Gasteiger partial charge in [0.25, 0.3) is 5.56 Å². The predicted molar refractivity (Wildman–Crippen MR) is 128 cm³/mol. The third-order valence-electron chi connectivity index (χ3n) is 6.66. The van der Waals surface area contributed by atoms with E-state index in [9.17, 15) is 9.59 Å². The van der Waals surface area contributed by atoms with Crippen LogP contribution in [0.25, 0.3) is 27.6 Å². The van der Waals surface area contributed by atoms with Crippen molar-refractivity contribution < 1.29 is 4.79 Å². The summed E-state index contributed by atoms with van der Waals surface area (Å²) in [5.41, 5.74) is 1.57. The van der Waals surface area contributed by atoms with Gasteiger partial charge in [0.15, 0.2) is 5.65 Å². The fourth-order valence-electron chi connectivity index (χ4n) is 4.82. The lowest BCUT2D eigenvalue weighted by Crippen LogP contribution is -2.35. The molecule has 3 aromatic heterocycles. The molecule has 10 heteroatoms. The third-order valence-corrected chi connectivity index (χ3v) is 7.25. The quantitative estimate of drug-likeness (QED) is 0.453. The van der Waals surface area contributed by atoms with Crippen LogP contribution in [0.4, 0.5) is 0 Å². The Kier molecular flexibility index (Phi) is 5.27. The third kappa shape index (κ3) is 3.72. The highest BCUT2D eigenvalue weighted by Gasteiger charge is 2.40. The molecule has 1 aliphatic rings. The van der Waals surface area contributed by atoms with Gasteiger partial charge in [-0.25, -0.2) is 19.6 Å². The monoisotopic (exact) mass is 509 g/mol. The van der Waals surface area contributed by atoms with E-state index >= 15 is 0 Å². The van der Waals surface area contributed by atoms with E-state index in [1.54, 1.807) is 31.0 Å². The van der Waals surface area contributed by atoms with Crippen LogP contribution in [0.5, 0.6) is 0 Å². The summed E-state index contributed by atoms with van der Waals surface area (Å²) < 4.78 is 3.81. The van der Waals surface area contributed by atoms with Gasteiger partial charge in [-0.05, 0) is 59.3 Å². The van der Waals surface area contributed by atoms with Crippen molar-refractivity contribution >= 4 is 43.8 Å². The minimum Gasteiger partial charge on any atom is -0.359 e. The molecule has 0 spiro atoms. The Hall–Kier alpha value is -3.14. The Labute approximate surface area is 198 Å². The van der Waals surface area contributed by atoms with Gasteiger partial charge in [0.1, 0.15) is 10.4 Å². The maximum absolute atomic E-state index is 12.6. The molecule has 33 heavy (non-hydrogen) atoms. The summed E-state index contributed by atoms with van der Waals surface area (Å²) in [5.74, 6) is 1.17. The Balaban J connectivity index is 1.51. The van der Waals surface area contributed by atoms with Crippen LogP contribution in [0.15, 0.2) is 40.1 Å². The second-order valence-electron chi connectivity index (χ2n) is 9.04. The number of aromatic nitrogens is 6. The lowest BCUT2D eigenvalue weighted by molar-refractivity contribution is -0.129. The first kappa shape index (κ1) is 21.7. The summed E-state index contributed by atoms with van der Waals surface area (Å²) in [5, 5.41) is 8.70. The number of hydrogen-bond donors (Lipinski definition) is 1. The number of carbonyl (C=O) groups excluding carboxylic acids is 1. The van der Waals surface area contributed by atoms with E-state index in [1.165, 1.54) is 10.9 Å². The van der Waals surface area contributed by atoms with Crippen molar-refractivity contribution in [3.8, 4) is 5.69 Å². The van der Waals surface area contributed by atoms with Crippen LogP contribution in [0.3, 0.4) is 0 Å². The Morgan fingerprint density at radius 2 is 2.12 bits per heavy atom. The highest BCUT2D eigenvalue weighted by molar-refractivity contribution is 9.10. The molecule has 0 bridgehead atoms. The minimum atomic E-state index is -0.334. The number of nitrogens with one attached hydrogen (secondary N) is 1. The summed E-state index contributed by atoms with van der Waals surface area (Å²) in [7, 11) is 3.37. The Bertz CT molecular complexity index is 1460. The average molecular weight is 510 g/mol. The molecular formula is C23H24BrN7O2. The SMILES string of the molecule is CNC(=O)[C@]1(C)CC[C@@H](Cc2ncc3c(Br)nn(-c4ccc5ncn(C)c(=O)c5c4)c3n2)C1. The predicted octanol–water partition coefficient (Wildman–Crippen LogP) is 2.92. The highest BCUT2D eigenvalue weighted by Crippen LogP contribution is 2.42. The largest absolute Gasteiger partial charge is 0.359 e. The van der Waals surface area contributed by atoms with Crippen LogP contribution in [-0.2, 0) is 18.3 Å².